The Hall–Kier alpha value is -1.62. The Morgan fingerprint density at radius 1 is 1.19 bits per heavy atom. The summed E-state index contributed by atoms with van der Waals surface area (Å²) in [7, 11) is 0. The van der Waals surface area contributed by atoms with E-state index in [0.29, 0.717) is 5.69 Å². The fourth-order valence-corrected chi connectivity index (χ4v) is 2.17. The molecule has 0 aliphatic heterocycles. The molecule has 0 fully saturated rings. The Bertz CT molecular complexity index is 623. The molecule has 0 radical (unpaired) electrons. The van der Waals surface area contributed by atoms with E-state index in [2.05, 4.69) is 4.98 Å². The first kappa shape index (κ1) is 15.8. The van der Waals surface area contributed by atoms with Gasteiger partial charge in [-0.3, -0.25) is 4.98 Å². The van der Waals surface area contributed by atoms with Gasteiger partial charge in [0.05, 0.1) is 10.9 Å². The SMILES string of the molecule is Cc1ccc(CC(Cl)c2ccc(F)c(C(F)(F)F)c2)nc1. The van der Waals surface area contributed by atoms with Crippen LogP contribution in [-0.4, -0.2) is 4.98 Å². The van der Waals surface area contributed by atoms with Crippen LogP contribution in [0, 0.1) is 12.7 Å². The monoisotopic (exact) mass is 317 g/mol. The minimum absolute atomic E-state index is 0.216. The van der Waals surface area contributed by atoms with Gasteiger partial charge in [0, 0.05) is 18.3 Å². The summed E-state index contributed by atoms with van der Waals surface area (Å²) in [6.45, 7) is 1.88. The van der Waals surface area contributed by atoms with E-state index in [1.165, 1.54) is 6.07 Å². The Morgan fingerprint density at radius 3 is 2.48 bits per heavy atom. The number of halogens is 5. The van der Waals surface area contributed by atoms with Crippen molar-refractivity contribution < 1.29 is 17.6 Å². The zero-order chi connectivity index (χ0) is 15.6. The normalized spacial score (nSPS) is 13.2. The maximum Gasteiger partial charge on any atom is 0.419 e. The Morgan fingerprint density at radius 2 is 1.90 bits per heavy atom. The number of nitrogens with zero attached hydrogens (tertiary/aromatic N) is 1. The lowest BCUT2D eigenvalue weighted by Crippen LogP contribution is -2.09. The Balaban J connectivity index is 2.23. The van der Waals surface area contributed by atoms with E-state index >= 15 is 0 Å². The smallest absolute Gasteiger partial charge is 0.261 e. The van der Waals surface area contributed by atoms with E-state index in [0.717, 1.165) is 17.7 Å². The summed E-state index contributed by atoms with van der Waals surface area (Å²) < 4.78 is 51.2. The van der Waals surface area contributed by atoms with Crippen LogP contribution >= 0.6 is 11.6 Å². The van der Waals surface area contributed by atoms with Gasteiger partial charge in [-0.25, -0.2) is 4.39 Å². The van der Waals surface area contributed by atoms with Crippen molar-refractivity contribution in [3.8, 4) is 0 Å². The highest BCUT2D eigenvalue weighted by Gasteiger charge is 2.34. The molecule has 1 aromatic heterocycles. The molecule has 2 rings (SSSR count). The Kier molecular flexibility index (Phi) is 4.52. The summed E-state index contributed by atoms with van der Waals surface area (Å²) >= 11 is 6.13. The van der Waals surface area contributed by atoms with Gasteiger partial charge in [0.1, 0.15) is 5.82 Å². The maximum atomic E-state index is 13.2. The molecule has 0 spiro atoms. The van der Waals surface area contributed by atoms with Crippen LogP contribution in [0.5, 0.6) is 0 Å². The molecule has 1 aromatic carbocycles. The van der Waals surface area contributed by atoms with Crippen LogP contribution in [0.15, 0.2) is 36.5 Å². The van der Waals surface area contributed by atoms with Crippen LogP contribution in [-0.2, 0) is 12.6 Å². The number of hydrogen-bond acceptors (Lipinski definition) is 1. The Labute approximate surface area is 124 Å². The van der Waals surface area contributed by atoms with E-state index < -0.39 is 22.9 Å². The molecule has 0 N–H and O–H groups in total. The van der Waals surface area contributed by atoms with Crippen molar-refractivity contribution in [2.24, 2.45) is 0 Å². The first-order chi connectivity index (χ1) is 9.77. The molecule has 112 valence electrons. The van der Waals surface area contributed by atoms with Crippen molar-refractivity contribution in [1.29, 1.82) is 0 Å². The lowest BCUT2D eigenvalue weighted by atomic mass is 10.0. The van der Waals surface area contributed by atoms with Crippen LogP contribution in [0.3, 0.4) is 0 Å². The number of aromatic nitrogens is 1. The van der Waals surface area contributed by atoms with Crippen LogP contribution in [0.2, 0.25) is 0 Å². The van der Waals surface area contributed by atoms with Gasteiger partial charge in [-0.15, -0.1) is 11.6 Å². The standard InChI is InChI=1S/C15H12ClF4N/c1-9-2-4-11(21-8-9)7-13(16)10-3-5-14(17)12(6-10)15(18,19)20/h2-6,8,13H,7H2,1H3. The van der Waals surface area contributed by atoms with Gasteiger partial charge >= 0.3 is 6.18 Å². The van der Waals surface area contributed by atoms with Gasteiger partial charge in [-0.2, -0.15) is 13.2 Å². The highest BCUT2D eigenvalue weighted by atomic mass is 35.5. The average Bonchev–Trinajstić information content (AvgIpc) is 2.40. The van der Waals surface area contributed by atoms with Crippen molar-refractivity contribution in [2.45, 2.75) is 24.9 Å². The van der Waals surface area contributed by atoms with Crippen LogP contribution in [0.1, 0.15) is 27.8 Å². The number of aryl methyl sites for hydroxylation is 1. The summed E-state index contributed by atoms with van der Waals surface area (Å²) in [4.78, 5) is 4.15. The van der Waals surface area contributed by atoms with Gasteiger partial charge in [-0.1, -0.05) is 12.1 Å². The van der Waals surface area contributed by atoms with Crippen molar-refractivity contribution in [2.75, 3.05) is 0 Å². The van der Waals surface area contributed by atoms with Crippen molar-refractivity contribution in [3.63, 3.8) is 0 Å². The summed E-state index contributed by atoms with van der Waals surface area (Å²) in [6.07, 6.45) is -2.81. The van der Waals surface area contributed by atoms with Gasteiger partial charge in [-0.05, 0) is 36.2 Å². The lowest BCUT2D eigenvalue weighted by Gasteiger charge is -2.13. The number of benzene rings is 1. The van der Waals surface area contributed by atoms with Gasteiger partial charge in [0.15, 0.2) is 0 Å². The fraction of sp³-hybridized carbons (Fsp3) is 0.267. The van der Waals surface area contributed by atoms with E-state index in [1.54, 1.807) is 12.3 Å². The molecule has 0 aliphatic rings. The van der Waals surface area contributed by atoms with Crippen LogP contribution in [0.4, 0.5) is 17.6 Å². The molecular formula is C15H12ClF4N. The second-order valence-corrected chi connectivity index (χ2v) is 5.26. The molecule has 0 saturated carbocycles. The van der Waals surface area contributed by atoms with Crippen molar-refractivity contribution in [1.82, 2.24) is 4.98 Å². The summed E-state index contributed by atoms with van der Waals surface area (Å²) in [6, 6.07) is 6.41. The fourth-order valence-electron chi connectivity index (χ4n) is 1.88. The zero-order valence-electron chi connectivity index (χ0n) is 11.1. The first-order valence-electron chi connectivity index (χ1n) is 6.19. The molecule has 0 aliphatic carbocycles. The van der Waals surface area contributed by atoms with Gasteiger partial charge < -0.3 is 0 Å². The molecular weight excluding hydrogens is 306 g/mol. The third kappa shape index (κ3) is 3.94. The third-order valence-corrected chi connectivity index (χ3v) is 3.42. The molecule has 21 heavy (non-hydrogen) atoms. The maximum absolute atomic E-state index is 13.2. The molecule has 0 saturated heterocycles. The second kappa shape index (κ2) is 6.02. The quantitative estimate of drug-likeness (QED) is 0.569. The average molecular weight is 318 g/mol. The summed E-state index contributed by atoms with van der Waals surface area (Å²) in [5.74, 6) is -1.30. The summed E-state index contributed by atoms with van der Waals surface area (Å²) in [5.41, 5.74) is 0.555. The first-order valence-corrected chi connectivity index (χ1v) is 6.63. The second-order valence-electron chi connectivity index (χ2n) is 4.74. The third-order valence-electron chi connectivity index (χ3n) is 3.02. The van der Waals surface area contributed by atoms with E-state index in [1.807, 2.05) is 13.0 Å². The van der Waals surface area contributed by atoms with Gasteiger partial charge in [0.2, 0.25) is 0 Å². The molecule has 1 heterocycles. The molecule has 2 aromatic rings. The van der Waals surface area contributed by atoms with Crippen LogP contribution in [0.25, 0.3) is 0 Å². The lowest BCUT2D eigenvalue weighted by molar-refractivity contribution is -0.140. The molecule has 0 amide bonds. The molecule has 6 heteroatoms. The largest absolute Gasteiger partial charge is 0.419 e. The minimum atomic E-state index is -4.74. The number of pyridine rings is 1. The molecule has 1 atom stereocenters. The predicted octanol–water partition coefficient (Wildman–Crippen LogP) is 5.07. The van der Waals surface area contributed by atoms with Crippen molar-refractivity contribution >= 4 is 11.6 Å². The zero-order valence-corrected chi connectivity index (χ0v) is 11.8. The van der Waals surface area contributed by atoms with E-state index in [-0.39, 0.29) is 12.0 Å². The highest BCUT2D eigenvalue weighted by Crippen LogP contribution is 2.34. The molecule has 1 nitrogen and oxygen atoms in total. The van der Waals surface area contributed by atoms with E-state index in [4.69, 9.17) is 11.6 Å². The van der Waals surface area contributed by atoms with Crippen LogP contribution < -0.4 is 0 Å². The van der Waals surface area contributed by atoms with Gasteiger partial charge in [0.25, 0.3) is 0 Å². The minimum Gasteiger partial charge on any atom is -0.261 e. The predicted molar refractivity (Wildman–Crippen MR) is 72.7 cm³/mol. The molecule has 0 bridgehead atoms. The number of alkyl halides is 4. The topological polar surface area (TPSA) is 12.9 Å². The van der Waals surface area contributed by atoms with E-state index in [9.17, 15) is 17.6 Å². The van der Waals surface area contributed by atoms with Crippen molar-refractivity contribution in [3.05, 3.63) is 64.7 Å². The summed E-state index contributed by atoms with van der Waals surface area (Å²) in [5, 5.41) is -0.707. The number of rotatable bonds is 3. The molecule has 1 unspecified atom stereocenters. The number of hydrogen-bond donors (Lipinski definition) is 0. The highest BCUT2D eigenvalue weighted by molar-refractivity contribution is 6.20.